The molecule has 0 aromatic heterocycles. The Hall–Kier alpha value is -3.15. The zero-order valence-electron chi connectivity index (χ0n) is 44.2. The van der Waals surface area contributed by atoms with Crippen LogP contribution in [0.3, 0.4) is 0 Å². The van der Waals surface area contributed by atoms with Gasteiger partial charge in [0.25, 0.3) is 0 Å². The standard InChI is InChI=1S/C61H106O6/c1-4-7-10-13-16-19-22-25-28-30-33-36-39-42-45-48-51-54-60(63)66-57-58(56-65-59(62)53-50-47-44-41-38-35-32-27-24-21-18-15-12-9-6-3)67-61(64)55-52-49-46-43-40-37-34-31-29-26-23-20-17-14-11-8-5-2/h9,12,18,21,25-29,32,38,41,58H,4-8,10-11,13-17,19-20,22-24,30-31,33-37,39-40,42-57H2,1-3H3/b12-9-,21-18-,28-25-,29-26-,32-27-,41-38-. The van der Waals surface area contributed by atoms with E-state index in [1.807, 2.05) is 0 Å². The smallest absolute Gasteiger partial charge is 0.306 e. The summed E-state index contributed by atoms with van der Waals surface area (Å²) in [4.78, 5) is 38.1. The summed E-state index contributed by atoms with van der Waals surface area (Å²) in [5.74, 6) is -0.936. The Morgan fingerprint density at radius 2 is 0.582 bits per heavy atom. The van der Waals surface area contributed by atoms with Crippen molar-refractivity contribution < 1.29 is 28.6 Å². The normalized spacial score (nSPS) is 12.6. The van der Waals surface area contributed by atoms with Gasteiger partial charge in [-0.15, -0.1) is 0 Å². The fourth-order valence-corrected chi connectivity index (χ4v) is 7.89. The molecule has 6 nitrogen and oxygen atoms in total. The molecular weight excluding hydrogens is 829 g/mol. The Morgan fingerprint density at radius 1 is 0.313 bits per heavy atom. The summed E-state index contributed by atoms with van der Waals surface area (Å²) in [6.07, 6.45) is 70.3. The van der Waals surface area contributed by atoms with E-state index in [0.717, 1.165) is 83.5 Å². The molecule has 0 heterocycles. The van der Waals surface area contributed by atoms with Crippen LogP contribution in [-0.4, -0.2) is 37.2 Å². The van der Waals surface area contributed by atoms with Gasteiger partial charge in [0.1, 0.15) is 13.2 Å². The van der Waals surface area contributed by atoms with Crippen LogP contribution in [0, 0.1) is 0 Å². The van der Waals surface area contributed by atoms with E-state index in [-0.39, 0.29) is 31.1 Å². The Bertz CT molecular complexity index is 1260. The Morgan fingerprint density at radius 3 is 0.955 bits per heavy atom. The summed E-state index contributed by atoms with van der Waals surface area (Å²) < 4.78 is 16.8. The van der Waals surface area contributed by atoms with Crippen LogP contribution in [0.2, 0.25) is 0 Å². The number of unbranched alkanes of at least 4 members (excludes halogenated alkanes) is 28. The molecule has 0 fully saturated rings. The molecule has 67 heavy (non-hydrogen) atoms. The van der Waals surface area contributed by atoms with E-state index in [1.165, 1.54) is 154 Å². The van der Waals surface area contributed by atoms with E-state index in [4.69, 9.17) is 14.2 Å². The van der Waals surface area contributed by atoms with Gasteiger partial charge in [0.05, 0.1) is 0 Å². The van der Waals surface area contributed by atoms with Crippen molar-refractivity contribution in [2.24, 2.45) is 0 Å². The highest BCUT2D eigenvalue weighted by molar-refractivity contribution is 5.71. The van der Waals surface area contributed by atoms with Crippen molar-refractivity contribution in [2.45, 2.75) is 284 Å². The second kappa shape index (κ2) is 55.4. The van der Waals surface area contributed by atoms with Crippen molar-refractivity contribution in [1.82, 2.24) is 0 Å². The third-order valence-corrected chi connectivity index (χ3v) is 12.2. The molecule has 0 aromatic rings. The second-order valence-electron chi connectivity index (χ2n) is 18.8. The average Bonchev–Trinajstić information content (AvgIpc) is 3.33. The van der Waals surface area contributed by atoms with Crippen molar-refractivity contribution in [3.05, 3.63) is 72.9 Å². The lowest BCUT2D eigenvalue weighted by Crippen LogP contribution is -2.30. The number of carbonyl (C=O) groups is 3. The van der Waals surface area contributed by atoms with Gasteiger partial charge in [0.15, 0.2) is 6.10 Å². The predicted octanol–water partition coefficient (Wildman–Crippen LogP) is 19.0. The average molecular weight is 936 g/mol. The molecule has 0 bridgehead atoms. The molecule has 0 spiro atoms. The Labute approximate surface area is 414 Å². The first-order chi connectivity index (χ1) is 33.0. The molecule has 0 rings (SSSR count). The fourth-order valence-electron chi connectivity index (χ4n) is 7.89. The summed E-state index contributed by atoms with van der Waals surface area (Å²) in [5.41, 5.74) is 0. The molecule has 0 N–H and O–H groups in total. The summed E-state index contributed by atoms with van der Waals surface area (Å²) in [5, 5.41) is 0. The maximum Gasteiger partial charge on any atom is 0.306 e. The molecule has 386 valence electrons. The minimum atomic E-state index is -0.796. The number of hydrogen-bond acceptors (Lipinski definition) is 6. The van der Waals surface area contributed by atoms with Crippen LogP contribution >= 0.6 is 0 Å². The van der Waals surface area contributed by atoms with E-state index in [2.05, 4.69) is 93.7 Å². The fraction of sp³-hybridized carbons (Fsp3) is 0.754. The van der Waals surface area contributed by atoms with Crippen molar-refractivity contribution in [1.29, 1.82) is 0 Å². The van der Waals surface area contributed by atoms with Gasteiger partial charge in [-0.05, 0) is 109 Å². The zero-order chi connectivity index (χ0) is 48.6. The van der Waals surface area contributed by atoms with Gasteiger partial charge < -0.3 is 14.2 Å². The van der Waals surface area contributed by atoms with Gasteiger partial charge in [-0.3, -0.25) is 14.4 Å². The summed E-state index contributed by atoms with van der Waals surface area (Å²) in [6.45, 7) is 6.49. The van der Waals surface area contributed by atoms with E-state index >= 15 is 0 Å². The van der Waals surface area contributed by atoms with Crippen LogP contribution in [-0.2, 0) is 28.6 Å². The highest BCUT2D eigenvalue weighted by Gasteiger charge is 2.19. The van der Waals surface area contributed by atoms with E-state index in [1.54, 1.807) is 0 Å². The summed E-state index contributed by atoms with van der Waals surface area (Å²) >= 11 is 0. The van der Waals surface area contributed by atoms with Crippen molar-refractivity contribution in [3.8, 4) is 0 Å². The lowest BCUT2D eigenvalue weighted by atomic mass is 10.1. The number of rotatable bonds is 51. The van der Waals surface area contributed by atoms with Crippen LogP contribution in [0.4, 0.5) is 0 Å². The first-order valence-corrected chi connectivity index (χ1v) is 28.4. The van der Waals surface area contributed by atoms with Crippen molar-refractivity contribution in [3.63, 3.8) is 0 Å². The molecule has 0 saturated heterocycles. The first kappa shape index (κ1) is 63.8. The molecule has 0 aliphatic heterocycles. The van der Waals surface area contributed by atoms with Gasteiger partial charge in [-0.1, -0.05) is 222 Å². The molecular formula is C61H106O6. The number of carbonyl (C=O) groups excluding carboxylic acids is 3. The third kappa shape index (κ3) is 53.7. The van der Waals surface area contributed by atoms with Crippen LogP contribution in [0.25, 0.3) is 0 Å². The minimum Gasteiger partial charge on any atom is -0.462 e. The van der Waals surface area contributed by atoms with Crippen LogP contribution in [0.15, 0.2) is 72.9 Å². The molecule has 0 radical (unpaired) electrons. The van der Waals surface area contributed by atoms with E-state index in [0.29, 0.717) is 19.3 Å². The zero-order valence-corrected chi connectivity index (χ0v) is 44.2. The number of ether oxygens (including phenoxy) is 3. The second-order valence-corrected chi connectivity index (χ2v) is 18.8. The number of esters is 3. The topological polar surface area (TPSA) is 78.9 Å². The molecule has 0 saturated carbocycles. The van der Waals surface area contributed by atoms with Gasteiger partial charge in [-0.2, -0.15) is 0 Å². The predicted molar refractivity (Wildman–Crippen MR) is 288 cm³/mol. The maximum absolute atomic E-state index is 12.8. The highest BCUT2D eigenvalue weighted by atomic mass is 16.6. The molecule has 1 unspecified atom stereocenters. The molecule has 0 aromatic carbocycles. The first-order valence-electron chi connectivity index (χ1n) is 28.4. The largest absolute Gasteiger partial charge is 0.462 e. The number of hydrogen-bond donors (Lipinski definition) is 0. The monoisotopic (exact) mass is 935 g/mol. The number of allylic oxidation sites excluding steroid dienone is 12. The van der Waals surface area contributed by atoms with Crippen LogP contribution < -0.4 is 0 Å². The lowest BCUT2D eigenvalue weighted by molar-refractivity contribution is -0.167. The quantitative estimate of drug-likeness (QED) is 0.0262. The Balaban J connectivity index is 4.44. The van der Waals surface area contributed by atoms with Crippen molar-refractivity contribution in [2.75, 3.05) is 13.2 Å². The van der Waals surface area contributed by atoms with Crippen molar-refractivity contribution >= 4 is 17.9 Å². The third-order valence-electron chi connectivity index (χ3n) is 12.2. The molecule has 1 atom stereocenters. The van der Waals surface area contributed by atoms with Gasteiger partial charge in [-0.25, -0.2) is 0 Å². The molecule has 6 heteroatoms. The van der Waals surface area contributed by atoms with E-state index < -0.39 is 6.10 Å². The lowest BCUT2D eigenvalue weighted by Gasteiger charge is -2.18. The van der Waals surface area contributed by atoms with Gasteiger partial charge in [0.2, 0.25) is 0 Å². The Kier molecular flexibility index (Phi) is 52.8. The van der Waals surface area contributed by atoms with E-state index in [9.17, 15) is 14.4 Å². The maximum atomic E-state index is 12.8. The molecule has 0 aliphatic carbocycles. The molecule has 0 amide bonds. The minimum absolute atomic E-state index is 0.0919. The SMILES string of the molecule is CC/C=C\C/C=C\C/C=C\C/C=C\CCCCC(=O)OCC(COC(=O)CCCCCCCCC/C=C\CCCCCCCC)OC(=O)CCCCCCCCC/C=C\CCCCCCCC. The van der Waals surface area contributed by atoms with Gasteiger partial charge in [0, 0.05) is 19.3 Å². The van der Waals surface area contributed by atoms with Gasteiger partial charge >= 0.3 is 17.9 Å². The summed E-state index contributed by atoms with van der Waals surface area (Å²) in [6, 6.07) is 0. The summed E-state index contributed by atoms with van der Waals surface area (Å²) in [7, 11) is 0. The highest BCUT2D eigenvalue weighted by Crippen LogP contribution is 2.15. The van der Waals surface area contributed by atoms with Crippen LogP contribution in [0.1, 0.15) is 278 Å². The van der Waals surface area contributed by atoms with Crippen LogP contribution in [0.5, 0.6) is 0 Å². The molecule has 0 aliphatic rings.